The van der Waals surface area contributed by atoms with E-state index in [0.29, 0.717) is 29.8 Å². The van der Waals surface area contributed by atoms with Gasteiger partial charge in [-0.3, -0.25) is 4.79 Å². The van der Waals surface area contributed by atoms with Crippen LogP contribution in [0, 0.1) is 11.8 Å². The number of aromatic nitrogens is 2. The van der Waals surface area contributed by atoms with Crippen molar-refractivity contribution in [3.05, 3.63) is 46.2 Å². The van der Waals surface area contributed by atoms with Crippen LogP contribution in [0.4, 0.5) is 5.95 Å². The summed E-state index contributed by atoms with van der Waals surface area (Å²) in [5.41, 5.74) is 1.74. The fraction of sp³-hybridized carbons (Fsp3) is 0.450. The summed E-state index contributed by atoms with van der Waals surface area (Å²) in [5.74, 6) is 2.55. The Morgan fingerprint density at radius 1 is 1.27 bits per heavy atom. The number of nitrogens with zero attached hydrogens (tertiary/aromatic N) is 3. The fourth-order valence-corrected chi connectivity index (χ4v) is 3.39. The lowest BCUT2D eigenvalue weighted by Gasteiger charge is -2.21. The van der Waals surface area contributed by atoms with Gasteiger partial charge in [0, 0.05) is 30.0 Å². The van der Waals surface area contributed by atoms with Gasteiger partial charge >= 0.3 is 0 Å². The van der Waals surface area contributed by atoms with E-state index >= 15 is 0 Å². The summed E-state index contributed by atoms with van der Waals surface area (Å²) in [6.45, 7) is 6.70. The summed E-state index contributed by atoms with van der Waals surface area (Å²) in [5, 5.41) is 0. The molecule has 1 aliphatic rings. The maximum absolute atomic E-state index is 11.2. The van der Waals surface area contributed by atoms with Crippen molar-refractivity contribution in [2.75, 3.05) is 24.6 Å². The molecule has 0 spiro atoms. The summed E-state index contributed by atoms with van der Waals surface area (Å²) < 4.78 is 6.77. The summed E-state index contributed by atoms with van der Waals surface area (Å²) in [7, 11) is 0. The summed E-state index contributed by atoms with van der Waals surface area (Å²) in [6, 6.07) is 5.51. The van der Waals surface area contributed by atoms with Crippen LogP contribution in [0.3, 0.4) is 0 Å². The first-order valence-corrected chi connectivity index (χ1v) is 9.87. The molecular weight excluding hydrogens is 394 g/mol. The third-order valence-corrected chi connectivity index (χ3v) is 5.33. The van der Waals surface area contributed by atoms with E-state index in [2.05, 4.69) is 44.6 Å². The van der Waals surface area contributed by atoms with Gasteiger partial charge in [-0.05, 0) is 55.4 Å². The summed E-state index contributed by atoms with van der Waals surface area (Å²) in [6.07, 6.45) is 6.74. The van der Waals surface area contributed by atoms with Gasteiger partial charge in [0.15, 0.2) is 6.29 Å². The number of ether oxygens (including phenoxy) is 1. The highest BCUT2D eigenvalue weighted by Crippen LogP contribution is 2.40. The fourth-order valence-electron chi connectivity index (χ4n) is 3.01. The van der Waals surface area contributed by atoms with Gasteiger partial charge in [0.05, 0.1) is 12.2 Å². The van der Waals surface area contributed by atoms with Crippen LogP contribution in [0.15, 0.2) is 35.1 Å². The molecule has 0 aliphatic heterocycles. The normalized spacial score (nSPS) is 18.4. The van der Waals surface area contributed by atoms with E-state index in [1.54, 1.807) is 6.07 Å². The van der Waals surface area contributed by atoms with Crippen molar-refractivity contribution in [3.63, 3.8) is 0 Å². The minimum absolute atomic E-state index is 0.516. The smallest absolute Gasteiger partial charge is 0.225 e. The van der Waals surface area contributed by atoms with E-state index in [1.807, 2.05) is 24.5 Å². The van der Waals surface area contributed by atoms with E-state index in [-0.39, 0.29) is 0 Å². The molecule has 0 amide bonds. The lowest BCUT2D eigenvalue weighted by Crippen LogP contribution is -2.28. The first-order chi connectivity index (χ1) is 12.6. The molecule has 1 aromatic heterocycles. The van der Waals surface area contributed by atoms with Crippen molar-refractivity contribution in [2.24, 2.45) is 11.8 Å². The molecule has 1 fully saturated rings. The Kier molecular flexibility index (Phi) is 6.25. The molecule has 5 nitrogen and oxygen atoms in total. The number of hydrogen-bond acceptors (Lipinski definition) is 5. The predicted octanol–water partition coefficient (Wildman–Crippen LogP) is 4.16. The van der Waals surface area contributed by atoms with E-state index in [9.17, 15) is 4.79 Å². The monoisotopic (exact) mass is 417 g/mol. The number of rotatable bonds is 9. The van der Waals surface area contributed by atoms with Crippen molar-refractivity contribution >= 4 is 28.2 Å². The van der Waals surface area contributed by atoms with Gasteiger partial charge < -0.3 is 9.64 Å². The molecule has 1 saturated carbocycles. The molecular formula is C20H24BrN3O2. The molecule has 6 heteroatoms. The van der Waals surface area contributed by atoms with E-state index < -0.39 is 0 Å². The second kappa shape index (κ2) is 8.62. The van der Waals surface area contributed by atoms with E-state index in [0.717, 1.165) is 48.2 Å². The Balaban J connectivity index is 1.52. The van der Waals surface area contributed by atoms with E-state index in [4.69, 9.17) is 4.74 Å². The number of hydrogen-bond donors (Lipinski definition) is 0. The highest BCUT2D eigenvalue weighted by atomic mass is 79.9. The van der Waals surface area contributed by atoms with Crippen LogP contribution in [-0.2, 0) is 6.42 Å². The topological polar surface area (TPSA) is 55.3 Å². The van der Waals surface area contributed by atoms with Gasteiger partial charge in [-0.2, -0.15) is 0 Å². The Morgan fingerprint density at radius 2 is 2.04 bits per heavy atom. The largest absolute Gasteiger partial charge is 0.493 e. The van der Waals surface area contributed by atoms with Gasteiger partial charge in [-0.15, -0.1) is 0 Å². The van der Waals surface area contributed by atoms with Crippen LogP contribution in [0.2, 0.25) is 0 Å². The van der Waals surface area contributed by atoms with Crippen molar-refractivity contribution in [1.29, 1.82) is 0 Å². The Morgan fingerprint density at radius 3 is 2.69 bits per heavy atom. The number of anilines is 1. The van der Waals surface area contributed by atoms with Gasteiger partial charge in [0.1, 0.15) is 5.75 Å². The molecule has 0 N–H and O–H groups in total. The van der Waals surface area contributed by atoms with Crippen molar-refractivity contribution in [2.45, 2.75) is 26.7 Å². The number of benzene rings is 1. The van der Waals surface area contributed by atoms with Gasteiger partial charge in [-0.1, -0.05) is 22.9 Å². The second-order valence-corrected chi connectivity index (χ2v) is 7.57. The molecule has 0 saturated heterocycles. The average molecular weight is 418 g/mol. The molecule has 1 heterocycles. The van der Waals surface area contributed by atoms with Crippen LogP contribution in [0.25, 0.3) is 0 Å². The molecule has 2 unspecified atom stereocenters. The zero-order valence-corrected chi connectivity index (χ0v) is 16.8. The average Bonchev–Trinajstić information content (AvgIpc) is 3.43. The maximum Gasteiger partial charge on any atom is 0.225 e. The number of carbonyl (C=O) groups excluding carboxylic acids is 1. The molecule has 1 aliphatic carbocycles. The quantitative estimate of drug-likeness (QED) is 0.573. The first-order valence-electron chi connectivity index (χ1n) is 9.08. The molecule has 0 radical (unpaired) electrons. The highest BCUT2D eigenvalue weighted by Gasteiger charge is 2.39. The van der Waals surface area contributed by atoms with E-state index in [1.165, 1.54) is 0 Å². The molecule has 2 aromatic rings. The lowest BCUT2D eigenvalue weighted by molar-refractivity contribution is 0.111. The Hall–Kier alpha value is -1.95. The number of aldehydes is 1. The zero-order valence-electron chi connectivity index (χ0n) is 15.2. The summed E-state index contributed by atoms with van der Waals surface area (Å²) in [4.78, 5) is 22.4. The van der Waals surface area contributed by atoms with Gasteiger partial charge in [0.25, 0.3) is 0 Å². The molecule has 0 bridgehead atoms. The van der Waals surface area contributed by atoms with Gasteiger partial charge in [0.2, 0.25) is 5.95 Å². The first kappa shape index (κ1) is 18.8. The van der Waals surface area contributed by atoms with Crippen LogP contribution < -0.4 is 9.64 Å². The van der Waals surface area contributed by atoms with Crippen LogP contribution >= 0.6 is 15.9 Å². The third-order valence-electron chi connectivity index (χ3n) is 4.84. The van der Waals surface area contributed by atoms with Crippen molar-refractivity contribution < 1.29 is 9.53 Å². The molecule has 2 atom stereocenters. The number of aryl methyl sites for hydroxylation is 1. The van der Waals surface area contributed by atoms with Crippen LogP contribution in [0.1, 0.15) is 36.2 Å². The minimum atomic E-state index is 0.516. The highest BCUT2D eigenvalue weighted by molar-refractivity contribution is 9.10. The standard InChI is InChI=1S/C20H24BrN3O2/c1-3-14-9-22-20(23-10-14)24(4-2)11-15-7-17(15)13-26-19-6-5-18(21)8-16(19)12-25/h5-6,8-10,12,15,17H,3-4,7,11,13H2,1-2H3. The number of halogens is 1. The van der Waals surface area contributed by atoms with Crippen molar-refractivity contribution in [1.82, 2.24) is 9.97 Å². The van der Waals surface area contributed by atoms with Crippen LogP contribution in [0.5, 0.6) is 5.75 Å². The minimum Gasteiger partial charge on any atom is -0.493 e. The Labute approximate surface area is 162 Å². The third kappa shape index (κ3) is 4.61. The van der Waals surface area contributed by atoms with Crippen LogP contribution in [-0.4, -0.2) is 36.0 Å². The Bertz CT molecular complexity index is 751. The zero-order chi connectivity index (χ0) is 18.5. The number of carbonyl (C=O) groups is 1. The predicted molar refractivity (Wildman–Crippen MR) is 106 cm³/mol. The maximum atomic E-state index is 11.2. The van der Waals surface area contributed by atoms with Gasteiger partial charge in [-0.25, -0.2) is 9.97 Å². The lowest BCUT2D eigenvalue weighted by atomic mass is 10.2. The summed E-state index contributed by atoms with van der Waals surface area (Å²) >= 11 is 3.37. The molecule has 1 aromatic carbocycles. The second-order valence-electron chi connectivity index (χ2n) is 6.65. The van der Waals surface area contributed by atoms with Crippen molar-refractivity contribution in [3.8, 4) is 5.75 Å². The molecule has 26 heavy (non-hydrogen) atoms. The molecule has 138 valence electrons. The molecule has 3 rings (SSSR count). The SMILES string of the molecule is CCc1cnc(N(CC)CC2CC2COc2ccc(Br)cc2C=O)nc1.